The van der Waals surface area contributed by atoms with E-state index in [2.05, 4.69) is 10.3 Å². The smallest absolute Gasteiger partial charge is 0.259 e. The highest BCUT2D eigenvalue weighted by Gasteiger charge is 2.60. The van der Waals surface area contributed by atoms with Gasteiger partial charge in [0.1, 0.15) is 23.1 Å². The fourth-order valence-corrected chi connectivity index (χ4v) is 4.42. The molecule has 1 aliphatic heterocycles. The van der Waals surface area contributed by atoms with Crippen LogP contribution in [-0.4, -0.2) is 34.5 Å². The summed E-state index contributed by atoms with van der Waals surface area (Å²) in [6.45, 7) is 1.73. The molecule has 2 amide bonds. The van der Waals surface area contributed by atoms with Crippen molar-refractivity contribution in [2.75, 3.05) is 16.8 Å². The van der Waals surface area contributed by atoms with Gasteiger partial charge in [0, 0.05) is 12.6 Å². The van der Waals surface area contributed by atoms with Gasteiger partial charge < -0.3 is 10.2 Å². The molecule has 4 rings (SSSR count). The van der Waals surface area contributed by atoms with Crippen molar-refractivity contribution in [2.24, 2.45) is 0 Å². The Labute approximate surface area is 178 Å². The van der Waals surface area contributed by atoms with Crippen LogP contribution in [0, 0.1) is 24.1 Å². The fraction of sp³-hybridized carbons (Fsp3) is 0.286. The van der Waals surface area contributed by atoms with Crippen LogP contribution in [0.3, 0.4) is 0 Å². The predicted molar refractivity (Wildman–Crippen MR) is 113 cm³/mol. The molecule has 1 aliphatic carbocycles. The average molecular weight is 423 g/mol. The predicted octanol–water partition coefficient (Wildman–Crippen LogP) is 2.82. The lowest BCUT2D eigenvalue weighted by Crippen LogP contribution is -2.55. The summed E-state index contributed by atoms with van der Waals surface area (Å²) >= 11 is 5.62. The second-order valence-electron chi connectivity index (χ2n) is 7.36. The van der Waals surface area contributed by atoms with E-state index in [0.717, 1.165) is 12.5 Å². The van der Waals surface area contributed by atoms with Gasteiger partial charge in [-0.3, -0.25) is 14.5 Å². The first kappa shape index (κ1) is 19.9. The van der Waals surface area contributed by atoms with Gasteiger partial charge in [-0.15, -0.1) is 0 Å². The number of aromatic nitrogens is 1. The molecule has 0 atom stereocenters. The van der Waals surface area contributed by atoms with Crippen LogP contribution in [0.15, 0.2) is 30.5 Å². The number of rotatable bonds is 3. The highest BCUT2D eigenvalue weighted by atomic mass is 32.1. The molecule has 1 saturated heterocycles. The maximum atomic E-state index is 15.0. The molecular weight excluding hydrogens is 405 g/mol. The van der Waals surface area contributed by atoms with Crippen molar-refractivity contribution in [1.82, 2.24) is 10.3 Å². The molecule has 30 heavy (non-hydrogen) atoms. The Morgan fingerprint density at radius 3 is 2.63 bits per heavy atom. The number of nitriles is 1. The molecule has 1 aromatic carbocycles. The Morgan fingerprint density at radius 1 is 1.37 bits per heavy atom. The van der Waals surface area contributed by atoms with E-state index in [4.69, 9.17) is 17.5 Å². The number of anilines is 2. The van der Waals surface area contributed by atoms with Crippen molar-refractivity contribution in [2.45, 2.75) is 31.7 Å². The van der Waals surface area contributed by atoms with E-state index in [-0.39, 0.29) is 28.0 Å². The number of carbonyl (C=O) groups is 2. The monoisotopic (exact) mass is 423 g/mol. The topological polar surface area (TPSA) is 89.3 Å². The maximum Gasteiger partial charge on any atom is 0.259 e. The highest BCUT2D eigenvalue weighted by molar-refractivity contribution is 7.81. The number of amides is 2. The number of halogens is 1. The van der Waals surface area contributed by atoms with Gasteiger partial charge in [0.2, 0.25) is 0 Å². The lowest BCUT2D eigenvalue weighted by Gasteiger charge is -2.43. The van der Waals surface area contributed by atoms with Crippen LogP contribution in [0.25, 0.3) is 0 Å². The number of pyridine rings is 1. The molecule has 7 nitrogen and oxygen atoms in total. The molecular formula is C21H18FN5O2S. The van der Waals surface area contributed by atoms with Gasteiger partial charge in [0.25, 0.3) is 11.8 Å². The van der Waals surface area contributed by atoms with Crippen LogP contribution >= 0.6 is 12.2 Å². The molecule has 152 valence electrons. The normalized spacial score (nSPS) is 17.1. The molecule has 2 aliphatic rings. The van der Waals surface area contributed by atoms with E-state index in [0.29, 0.717) is 24.1 Å². The Morgan fingerprint density at radius 2 is 2.10 bits per heavy atom. The minimum atomic E-state index is -0.950. The second-order valence-corrected chi connectivity index (χ2v) is 7.72. The van der Waals surface area contributed by atoms with Gasteiger partial charge in [-0.2, -0.15) is 5.26 Å². The van der Waals surface area contributed by atoms with Crippen LogP contribution in [0.2, 0.25) is 0 Å². The van der Waals surface area contributed by atoms with Gasteiger partial charge in [0.05, 0.1) is 17.6 Å². The lowest BCUT2D eigenvalue weighted by molar-refractivity contribution is -0.123. The summed E-state index contributed by atoms with van der Waals surface area (Å²) in [4.78, 5) is 32.3. The third kappa shape index (κ3) is 2.75. The number of nitrogens with zero attached hydrogens (tertiary/aromatic N) is 4. The summed E-state index contributed by atoms with van der Waals surface area (Å²) in [6.07, 6.45) is 3.33. The van der Waals surface area contributed by atoms with E-state index in [1.807, 2.05) is 6.07 Å². The lowest BCUT2D eigenvalue weighted by atomic mass is 9.75. The average Bonchev–Trinajstić information content (AvgIpc) is 2.94. The summed E-state index contributed by atoms with van der Waals surface area (Å²) < 4.78 is 15.0. The Bertz CT molecular complexity index is 1140. The molecule has 1 aromatic heterocycles. The molecule has 2 heterocycles. The van der Waals surface area contributed by atoms with Crippen LogP contribution in [0.5, 0.6) is 0 Å². The largest absolute Gasteiger partial charge is 0.355 e. The van der Waals surface area contributed by atoms with Crippen molar-refractivity contribution < 1.29 is 14.0 Å². The van der Waals surface area contributed by atoms with E-state index in [9.17, 15) is 9.59 Å². The van der Waals surface area contributed by atoms with Crippen molar-refractivity contribution >= 4 is 40.5 Å². The van der Waals surface area contributed by atoms with Gasteiger partial charge in [-0.1, -0.05) is 0 Å². The summed E-state index contributed by atoms with van der Waals surface area (Å²) in [5.41, 5.74) is 0.713. The van der Waals surface area contributed by atoms with Crippen molar-refractivity contribution in [1.29, 1.82) is 5.26 Å². The number of thiocarbonyl (C=S) groups is 1. The zero-order chi connectivity index (χ0) is 21.6. The van der Waals surface area contributed by atoms with E-state index in [1.54, 1.807) is 17.9 Å². The first-order valence-electron chi connectivity index (χ1n) is 9.41. The quantitative estimate of drug-likeness (QED) is 0.764. The standard InChI is InChI=1S/C21H18FN5O2S/c1-12-8-14(11-25-16(12)10-23)26-19(29)21(6-3-7-21)27(20(26)30)17-5-4-13(9-15(17)22)18(28)24-2/h4-5,8-9,11H,3,6-7H2,1-2H3,(H,24,28). The summed E-state index contributed by atoms with van der Waals surface area (Å²) in [7, 11) is 1.47. The molecule has 2 fully saturated rings. The first-order valence-corrected chi connectivity index (χ1v) is 9.82. The molecule has 1 spiro atoms. The van der Waals surface area contributed by atoms with Crippen LogP contribution < -0.4 is 15.1 Å². The van der Waals surface area contributed by atoms with Gasteiger partial charge >= 0.3 is 0 Å². The van der Waals surface area contributed by atoms with Crippen LogP contribution in [0.1, 0.15) is 40.9 Å². The molecule has 0 unspecified atom stereocenters. The van der Waals surface area contributed by atoms with Crippen molar-refractivity contribution in [3.8, 4) is 6.07 Å². The van der Waals surface area contributed by atoms with Crippen LogP contribution in [-0.2, 0) is 4.79 Å². The minimum absolute atomic E-state index is 0.150. The van der Waals surface area contributed by atoms with Crippen molar-refractivity contribution in [3.05, 3.63) is 53.1 Å². The minimum Gasteiger partial charge on any atom is -0.355 e. The van der Waals surface area contributed by atoms with E-state index in [1.165, 1.54) is 30.3 Å². The Kier molecular flexibility index (Phi) is 4.74. The van der Waals surface area contributed by atoms with Gasteiger partial charge in [-0.05, 0) is 68.2 Å². The third-order valence-corrected chi connectivity index (χ3v) is 6.06. The zero-order valence-electron chi connectivity index (χ0n) is 16.4. The molecule has 0 radical (unpaired) electrons. The molecule has 0 bridgehead atoms. The molecule has 1 N–H and O–H groups in total. The molecule has 9 heteroatoms. The van der Waals surface area contributed by atoms with Gasteiger partial charge in [-0.25, -0.2) is 9.37 Å². The first-order chi connectivity index (χ1) is 14.3. The number of hydrogen-bond donors (Lipinski definition) is 1. The summed E-state index contributed by atoms with van der Waals surface area (Å²) in [6, 6.07) is 7.80. The Hall–Kier alpha value is -3.38. The molecule has 2 aromatic rings. The van der Waals surface area contributed by atoms with Crippen molar-refractivity contribution in [3.63, 3.8) is 0 Å². The number of aryl methyl sites for hydroxylation is 1. The van der Waals surface area contributed by atoms with Gasteiger partial charge in [0.15, 0.2) is 5.11 Å². The second kappa shape index (κ2) is 7.15. The number of hydrogen-bond acceptors (Lipinski definition) is 5. The maximum absolute atomic E-state index is 15.0. The molecule has 1 saturated carbocycles. The third-order valence-electron chi connectivity index (χ3n) is 5.70. The summed E-state index contributed by atoms with van der Waals surface area (Å²) in [5, 5.41) is 11.7. The highest BCUT2D eigenvalue weighted by Crippen LogP contribution is 2.48. The summed E-state index contributed by atoms with van der Waals surface area (Å²) in [5.74, 6) is -1.27. The SMILES string of the molecule is CNC(=O)c1ccc(N2C(=S)N(c3cnc(C#N)c(C)c3)C(=O)C23CCC3)c(F)c1. The van der Waals surface area contributed by atoms with E-state index < -0.39 is 17.3 Å². The van der Waals surface area contributed by atoms with E-state index >= 15 is 4.39 Å². The fourth-order valence-electron chi connectivity index (χ4n) is 3.96. The number of nitrogens with one attached hydrogen (secondary N) is 1. The van der Waals surface area contributed by atoms with Crippen LogP contribution in [0.4, 0.5) is 15.8 Å². The Balaban J connectivity index is 1.79. The number of benzene rings is 1. The zero-order valence-corrected chi connectivity index (χ0v) is 17.2. The number of carbonyl (C=O) groups excluding carboxylic acids is 2.